The summed E-state index contributed by atoms with van der Waals surface area (Å²) in [6.07, 6.45) is -9.89. The van der Waals surface area contributed by atoms with Crippen molar-refractivity contribution in [2.75, 3.05) is 26.0 Å². The molecule has 1 aliphatic carbocycles. The van der Waals surface area contributed by atoms with Gasteiger partial charge in [-0.2, -0.15) is 26.3 Å². The molecule has 1 saturated heterocycles. The molecule has 1 amide bonds. The van der Waals surface area contributed by atoms with E-state index in [0.29, 0.717) is 30.7 Å². The van der Waals surface area contributed by atoms with E-state index < -0.39 is 41.7 Å². The average molecular weight is 571 g/mol. The molecule has 2 atom stereocenters. The molecule has 1 heterocycles. The number of methoxy groups -OCH3 is 1. The van der Waals surface area contributed by atoms with Crippen LogP contribution >= 0.6 is 0 Å². The zero-order valence-corrected chi connectivity index (χ0v) is 22.9. The number of carbonyl (C=O) groups excluding carboxylic acids is 1. The van der Waals surface area contributed by atoms with E-state index in [1.807, 2.05) is 18.2 Å². The Kier molecular flexibility index (Phi) is 7.81. The molecule has 1 aliphatic heterocycles. The van der Waals surface area contributed by atoms with Crippen LogP contribution in [0.15, 0.2) is 42.0 Å². The van der Waals surface area contributed by atoms with Gasteiger partial charge in [-0.3, -0.25) is 4.90 Å². The first-order valence-electron chi connectivity index (χ1n) is 12.9. The van der Waals surface area contributed by atoms with Gasteiger partial charge in [-0.1, -0.05) is 13.8 Å². The Hall–Kier alpha value is -3.37. The van der Waals surface area contributed by atoms with E-state index in [9.17, 15) is 31.1 Å². The zero-order chi connectivity index (χ0) is 29.6. The summed E-state index contributed by atoms with van der Waals surface area (Å²) < 4.78 is 91.8. The third kappa shape index (κ3) is 6.02. The van der Waals surface area contributed by atoms with Gasteiger partial charge >= 0.3 is 18.4 Å². The van der Waals surface area contributed by atoms with Crippen LogP contribution in [0.2, 0.25) is 0 Å². The minimum atomic E-state index is -5.00. The van der Waals surface area contributed by atoms with Crippen LogP contribution < -0.4 is 10.1 Å². The maximum Gasteiger partial charge on any atom is 0.416 e. The summed E-state index contributed by atoms with van der Waals surface area (Å²) in [6, 6.07) is 6.18. The Morgan fingerprint density at radius 2 is 1.68 bits per heavy atom. The van der Waals surface area contributed by atoms with Crippen molar-refractivity contribution in [2.24, 2.45) is 5.41 Å². The number of alkyl halides is 6. The second-order valence-corrected chi connectivity index (χ2v) is 11.1. The predicted octanol–water partition coefficient (Wildman–Crippen LogP) is 8.32. The van der Waals surface area contributed by atoms with Crippen molar-refractivity contribution < 1.29 is 40.6 Å². The third-order valence-corrected chi connectivity index (χ3v) is 7.68. The molecule has 1 fully saturated rings. The second-order valence-electron chi connectivity index (χ2n) is 11.1. The first-order valence-corrected chi connectivity index (χ1v) is 12.9. The second kappa shape index (κ2) is 10.6. The van der Waals surface area contributed by atoms with Gasteiger partial charge in [-0.25, -0.2) is 4.79 Å². The maximum atomic E-state index is 13.5. The van der Waals surface area contributed by atoms with Crippen molar-refractivity contribution in [1.82, 2.24) is 4.90 Å². The maximum absolute atomic E-state index is 13.5. The number of ether oxygens (including phenoxy) is 2. The van der Waals surface area contributed by atoms with E-state index in [-0.39, 0.29) is 23.6 Å². The van der Waals surface area contributed by atoms with Gasteiger partial charge in [0, 0.05) is 24.8 Å². The Morgan fingerprint density at radius 1 is 1.05 bits per heavy atom. The summed E-state index contributed by atoms with van der Waals surface area (Å²) >= 11 is 0. The molecule has 11 heteroatoms. The molecule has 40 heavy (non-hydrogen) atoms. The average Bonchev–Trinajstić information content (AvgIpc) is 3.15. The molecule has 0 bridgehead atoms. The molecule has 2 aromatic rings. The number of nitrogens with one attached hydrogen (secondary N) is 1. The van der Waals surface area contributed by atoms with Crippen molar-refractivity contribution in [3.8, 4) is 5.75 Å². The molecular weight excluding hydrogens is 538 g/mol. The summed E-state index contributed by atoms with van der Waals surface area (Å²) in [6.45, 7) is 5.91. The number of cyclic esters (lactones) is 1. The van der Waals surface area contributed by atoms with Crippen molar-refractivity contribution in [2.45, 2.75) is 64.5 Å². The molecule has 0 aromatic heterocycles. The fraction of sp³-hybridized carbons (Fsp3) is 0.483. The van der Waals surface area contributed by atoms with E-state index in [1.54, 1.807) is 21.1 Å². The number of nitrogens with zero attached hydrogens (tertiary/aromatic N) is 1. The number of hydrogen-bond acceptors (Lipinski definition) is 4. The van der Waals surface area contributed by atoms with E-state index in [0.717, 1.165) is 28.8 Å². The molecule has 2 aliphatic rings. The van der Waals surface area contributed by atoms with Crippen molar-refractivity contribution in [3.05, 3.63) is 64.2 Å². The van der Waals surface area contributed by atoms with Crippen LogP contribution in [0.1, 0.15) is 68.4 Å². The monoisotopic (exact) mass is 570 g/mol. The summed E-state index contributed by atoms with van der Waals surface area (Å²) in [5, 5.41) is 3.11. The van der Waals surface area contributed by atoms with Crippen LogP contribution in [0, 0.1) is 5.41 Å². The minimum absolute atomic E-state index is 0.0660. The van der Waals surface area contributed by atoms with Gasteiger partial charge in [0.05, 0.1) is 24.3 Å². The summed E-state index contributed by atoms with van der Waals surface area (Å²) in [5.74, 6) is 0.657. The molecule has 1 N–H and O–H groups in total. The highest BCUT2D eigenvalue weighted by molar-refractivity contribution is 5.78. The SMILES string of the molecule is CNc1ccc(OC)c(C2=C(CN3C(=O)O[C@H](c4cc(C(F)(F)F)cc(C(F)(F)F)c4)[C@@H]3C)CC(C)(C)CC2)c1. The van der Waals surface area contributed by atoms with E-state index in [1.165, 1.54) is 4.90 Å². The highest BCUT2D eigenvalue weighted by Gasteiger charge is 2.44. The summed E-state index contributed by atoms with van der Waals surface area (Å²) in [4.78, 5) is 14.4. The molecule has 5 nitrogen and oxygen atoms in total. The Balaban J connectivity index is 1.73. The van der Waals surface area contributed by atoms with Crippen LogP contribution in [-0.4, -0.2) is 37.7 Å². The standard InChI is InChI=1S/C29H32F6N2O3/c1-16-25(17-10-19(28(30,31)32)12-20(11-17)29(33,34)35)40-26(38)37(16)15-18-14-27(2,3)9-8-22(18)23-13-21(36-4)6-7-24(23)39-5/h6-7,10-13,16,25,36H,8-9,14-15H2,1-5H3/t16-,25-/m0/s1. The lowest BCUT2D eigenvalue weighted by molar-refractivity contribution is -0.143. The van der Waals surface area contributed by atoms with E-state index >= 15 is 0 Å². The fourth-order valence-corrected chi connectivity index (χ4v) is 5.50. The number of hydrogen-bond donors (Lipinski definition) is 1. The zero-order valence-electron chi connectivity index (χ0n) is 22.9. The number of carbonyl (C=O) groups is 1. The van der Waals surface area contributed by atoms with E-state index in [4.69, 9.17) is 9.47 Å². The molecule has 4 rings (SSSR count). The molecule has 218 valence electrons. The quantitative estimate of drug-likeness (QED) is 0.355. The minimum Gasteiger partial charge on any atom is -0.496 e. The lowest BCUT2D eigenvalue weighted by atomic mass is 9.72. The van der Waals surface area contributed by atoms with Crippen molar-refractivity contribution in [3.63, 3.8) is 0 Å². The smallest absolute Gasteiger partial charge is 0.416 e. The lowest BCUT2D eigenvalue weighted by Crippen LogP contribution is -2.35. The number of benzene rings is 2. The largest absolute Gasteiger partial charge is 0.496 e. The number of allylic oxidation sites excluding steroid dienone is 1. The Morgan fingerprint density at radius 3 is 2.23 bits per heavy atom. The number of halogens is 6. The van der Waals surface area contributed by atoms with Crippen LogP contribution in [0.5, 0.6) is 5.75 Å². The lowest BCUT2D eigenvalue weighted by Gasteiger charge is -2.36. The van der Waals surface area contributed by atoms with Crippen molar-refractivity contribution >= 4 is 17.4 Å². The highest BCUT2D eigenvalue weighted by atomic mass is 19.4. The fourth-order valence-electron chi connectivity index (χ4n) is 5.50. The first kappa shape index (κ1) is 29.6. The Labute approximate surface area is 229 Å². The summed E-state index contributed by atoms with van der Waals surface area (Å²) in [5.41, 5.74) is 0.330. The van der Waals surface area contributed by atoms with Gasteiger partial charge in [0.15, 0.2) is 0 Å². The third-order valence-electron chi connectivity index (χ3n) is 7.68. The van der Waals surface area contributed by atoms with Gasteiger partial charge in [0.25, 0.3) is 0 Å². The number of rotatable bonds is 6. The number of amides is 1. The normalized spacial score (nSPS) is 21.5. The molecule has 2 aromatic carbocycles. The predicted molar refractivity (Wildman–Crippen MR) is 139 cm³/mol. The van der Waals surface area contributed by atoms with Gasteiger partial charge < -0.3 is 14.8 Å². The van der Waals surface area contributed by atoms with Crippen LogP contribution in [0.4, 0.5) is 36.8 Å². The van der Waals surface area contributed by atoms with Crippen LogP contribution in [0.3, 0.4) is 0 Å². The molecule has 0 radical (unpaired) electrons. The van der Waals surface area contributed by atoms with Gasteiger partial charge in [-0.05, 0) is 84.7 Å². The Bertz CT molecular complexity index is 1280. The van der Waals surface area contributed by atoms with Gasteiger partial charge in [0.2, 0.25) is 0 Å². The molecule has 0 saturated carbocycles. The van der Waals surface area contributed by atoms with Crippen molar-refractivity contribution in [1.29, 1.82) is 0 Å². The van der Waals surface area contributed by atoms with Crippen LogP contribution in [0.25, 0.3) is 5.57 Å². The number of anilines is 1. The van der Waals surface area contributed by atoms with E-state index in [2.05, 4.69) is 19.2 Å². The highest BCUT2D eigenvalue weighted by Crippen LogP contribution is 2.47. The molecule has 0 unspecified atom stereocenters. The van der Waals surface area contributed by atoms with Gasteiger partial charge in [0.1, 0.15) is 11.9 Å². The van der Waals surface area contributed by atoms with Gasteiger partial charge in [-0.15, -0.1) is 0 Å². The topological polar surface area (TPSA) is 50.8 Å². The molecular formula is C29H32F6N2O3. The first-order chi connectivity index (χ1) is 18.5. The summed E-state index contributed by atoms with van der Waals surface area (Å²) in [7, 11) is 3.37. The van der Waals surface area contributed by atoms with Crippen LogP contribution in [-0.2, 0) is 17.1 Å². The molecule has 0 spiro atoms.